The average molecular weight is 376 g/mol. The lowest BCUT2D eigenvalue weighted by molar-refractivity contribution is -0.116. The van der Waals surface area contributed by atoms with Crippen molar-refractivity contribution < 1.29 is 17.9 Å². The molecule has 0 aliphatic heterocycles. The highest BCUT2D eigenvalue weighted by molar-refractivity contribution is 7.92. The topological polar surface area (TPSA) is 75.7 Å². The summed E-state index contributed by atoms with van der Waals surface area (Å²) in [5.74, 6) is 0.367. The van der Waals surface area contributed by atoms with Gasteiger partial charge in [0.1, 0.15) is 5.75 Å². The lowest BCUT2D eigenvalue weighted by Crippen LogP contribution is -2.33. The van der Waals surface area contributed by atoms with Gasteiger partial charge in [0.25, 0.3) is 0 Å². The Hall–Kier alpha value is -2.54. The molecule has 0 saturated heterocycles. The Morgan fingerprint density at radius 3 is 2.46 bits per heavy atom. The summed E-state index contributed by atoms with van der Waals surface area (Å²) < 4.78 is 30.7. The number of carbonyl (C=O) groups excluding carboxylic acids is 1. The van der Waals surface area contributed by atoms with Gasteiger partial charge in [0.2, 0.25) is 15.9 Å². The standard InChI is InChI=1S/C19H24N2O4S/c1-14-8-9-17(12-15(14)2)21(26(4,23)24)11-10-19(22)20-16-6-5-7-18(13-16)25-3/h5-9,12-13H,10-11H2,1-4H3,(H,20,22). The van der Waals surface area contributed by atoms with Crippen molar-refractivity contribution in [3.05, 3.63) is 53.6 Å². The molecule has 1 N–H and O–H groups in total. The van der Waals surface area contributed by atoms with E-state index in [1.807, 2.05) is 26.0 Å². The fraction of sp³-hybridized carbons (Fsp3) is 0.316. The summed E-state index contributed by atoms with van der Waals surface area (Å²) in [7, 11) is -1.94. The molecule has 0 heterocycles. The predicted molar refractivity (Wildman–Crippen MR) is 104 cm³/mol. The molecule has 0 radical (unpaired) electrons. The van der Waals surface area contributed by atoms with Gasteiger partial charge in [0.15, 0.2) is 0 Å². The van der Waals surface area contributed by atoms with Gasteiger partial charge >= 0.3 is 0 Å². The molecule has 0 unspecified atom stereocenters. The molecule has 6 nitrogen and oxygen atoms in total. The highest BCUT2D eigenvalue weighted by Gasteiger charge is 2.19. The Kier molecular flexibility index (Phi) is 6.26. The minimum atomic E-state index is -3.49. The highest BCUT2D eigenvalue weighted by Crippen LogP contribution is 2.22. The van der Waals surface area contributed by atoms with E-state index in [0.29, 0.717) is 17.1 Å². The lowest BCUT2D eigenvalue weighted by atomic mass is 10.1. The zero-order chi connectivity index (χ0) is 19.3. The zero-order valence-corrected chi connectivity index (χ0v) is 16.3. The number of amides is 1. The number of nitrogens with zero attached hydrogens (tertiary/aromatic N) is 1. The van der Waals surface area contributed by atoms with E-state index in [1.54, 1.807) is 37.4 Å². The number of hydrogen-bond donors (Lipinski definition) is 1. The number of benzene rings is 2. The van der Waals surface area contributed by atoms with Crippen LogP contribution in [0.15, 0.2) is 42.5 Å². The molecule has 2 rings (SSSR count). The van der Waals surface area contributed by atoms with Crippen molar-refractivity contribution in [2.45, 2.75) is 20.3 Å². The van der Waals surface area contributed by atoms with Gasteiger partial charge in [-0.25, -0.2) is 8.42 Å². The van der Waals surface area contributed by atoms with Crippen LogP contribution in [0.3, 0.4) is 0 Å². The molecule has 0 aliphatic carbocycles. The second kappa shape index (κ2) is 8.23. The number of anilines is 2. The van der Waals surface area contributed by atoms with Crippen molar-refractivity contribution in [3.63, 3.8) is 0 Å². The fourth-order valence-electron chi connectivity index (χ4n) is 2.49. The van der Waals surface area contributed by atoms with Crippen molar-refractivity contribution in [2.75, 3.05) is 29.5 Å². The van der Waals surface area contributed by atoms with Crippen LogP contribution in [0.25, 0.3) is 0 Å². The van der Waals surface area contributed by atoms with Gasteiger partial charge in [-0.15, -0.1) is 0 Å². The normalized spacial score (nSPS) is 11.1. The van der Waals surface area contributed by atoms with Crippen LogP contribution in [-0.2, 0) is 14.8 Å². The molecule has 2 aromatic carbocycles. The Morgan fingerprint density at radius 2 is 1.85 bits per heavy atom. The van der Waals surface area contributed by atoms with Crippen molar-refractivity contribution in [1.82, 2.24) is 0 Å². The van der Waals surface area contributed by atoms with Crippen molar-refractivity contribution in [2.24, 2.45) is 0 Å². The maximum absolute atomic E-state index is 12.2. The summed E-state index contributed by atoms with van der Waals surface area (Å²) in [4.78, 5) is 12.2. The Balaban J connectivity index is 2.09. The van der Waals surface area contributed by atoms with Crippen LogP contribution < -0.4 is 14.4 Å². The molecule has 0 bridgehead atoms. The molecule has 7 heteroatoms. The summed E-state index contributed by atoms with van der Waals surface area (Å²) in [6.07, 6.45) is 1.18. The third-order valence-electron chi connectivity index (χ3n) is 4.07. The minimum absolute atomic E-state index is 0.0389. The van der Waals surface area contributed by atoms with E-state index in [4.69, 9.17) is 4.74 Å². The number of rotatable bonds is 7. The number of ether oxygens (including phenoxy) is 1. The quantitative estimate of drug-likeness (QED) is 0.806. The molecule has 0 atom stereocenters. The van der Waals surface area contributed by atoms with Gasteiger partial charge in [-0.05, 0) is 49.2 Å². The number of carbonyl (C=O) groups is 1. The smallest absolute Gasteiger partial charge is 0.232 e. The van der Waals surface area contributed by atoms with Crippen LogP contribution in [0.4, 0.5) is 11.4 Å². The molecule has 0 saturated carbocycles. The van der Waals surface area contributed by atoms with E-state index < -0.39 is 10.0 Å². The Bertz CT molecular complexity index is 894. The summed E-state index contributed by atoms with van der Waals surface area (Å²) in [5, 5.41) is 2.75. The molecule has 1 amide bonds. The first kappa shape index (κ1) is 19.8. The first-order valence-corrected chi connectivity index (χ1v) is 10.0. The van der Waals surface area contributed by atoms with Crippen LogP contribution in [0.5, 0.6) is 5.75 Å². The predicted octanol–water partition coefficient (Wildman–Crippen LogP) is 3.11. The molecule has 0 aromatic heterocycles. The van der Waals surface area contributed by atoms with E-state index in [9.17, 15) is 13.2 Å². The van der Waals surface area contributed by atoms with E-state index in [2.05, 4.69) is 5.32 Å². The Morgan fingerprint density at radius 1 is 1.12 bits per heavy atom. The third-order valence-corrected chi connectivity index (χ3v) is 5.27. The van der Waals surface area contributed by atoms with E-state index in [0.717, 1.165) is 17.4 Å². The molecule has 0 fully saturated rings. The lowest BCUT2D eigenvalue weighted by Gasteiger charge is -2.23. The van der Waals surface area contributed by atoms with E-state index in [1.165, 1.54) is 4.31 Å². The molecule has 140 valence electrons. The number of aryl methyl sites for hydroxylation is 2. The van der Waals surface area contributed by atoms with Crippen LogP contribution >= 0.6 is 0 Å². The number of hydrogen-bond acceptors (Lipinski definition) is 4. The molecule has 26 heavy (non-hydrogen) atoms. The van der Waals surface area contributed by atoms with Crippen LogP contribution in [0.2, 0.25) is 0 Å². The zero-order valence-electron chi connectivity index (χ0n) is 15.4. The molecule has 2 aromatic rings. The maximum atomic E-state index is 12.2. The van der Waals surface area contributed by atoms with Gasteiger partial charge in [0.05, 0.1) is 19.1 Å². The maximum Gasteiger partial charge on any atom is 0.232 e. The largest absolute Gasteiger partial charge is 0.497 e. The second-order valence-corrected chi connectivity index (χ2v) is 8.04. The first-order valence-electron chi connectivity index (χ1n) is 8.19. The fourth-order valence-corrected chi connectivity index (χ4v) is 3.41. The second-order valence-electron chi connectivity index (χ2n) is 6.13. The van der Waals surface area contributed by atoms with E-state index in [-0.39, 0.29) is 18.9 Å². The summed E-state index contributed by atoms with van der Waals surface area (Å²) >= 11 is 0. The number of sulfonamides is 1. The monoisotopic (exact) mass is 376 g/mol. The van der Waals surface area contributed by atoms with Crippen LogP contribution in [0.1, 0.15) is 17.5 Å². The minimum Gasteiger partial charge on any atom is -0.497 e. The van der Waals surface area contributed by atoms with Gasteiger partial charge < -0.3 is 10.1 Å². The van der Waals surface area contributed by atoms with Crippen LogP contribution in [-0.4, -0.2) is 34.2 Å². The van der Waals surface area contributed by atoms with Gasteiger partial charge in [-0.3, -0.25) is 9.10 Å². The molecule has 0 aliphatic rings. The average Bonchev–Trinajstić information content (AvgIpc) is 2.57. The van der Waals surface area contributed by atoms with Crippen molar-refractivity contribution in [3.8, 4) is 5.75 Å². The SMILES string of the molecule is COc1cccc(NC(=O)CCN(c2ccc(C)c(C)c2)S(C)(=O)=O)c1. The molecule has 0 spiro atoms. The van der Waals surface area contributed by atoms with Crippen molar-refractivity contribution >= 4 is 27.3 Å². The van der Waals surface area contributed by atoms with Gasteiger partial charge in [0, 0.05) is 24.7 Å². The summed E-state index contributed by atoms with van der Waals surface area (Å²) in [6.45, 7) is 3.96. The van der Waals surface area contributed by atoms with E-state index >= 15 is 0 Å². The molecular formula is C19H24N2O4S. The summed E-state index contributed by atoms with van der Waals surface area (Å²) in [5.41, 5.74) is 3.24. The highest BCUT2D eigenvalue weighted by atomic mass is 32.2. The third kappa shape index (κ3) is 5.23. The van der Waals surface area contributed by atoms with Crippen LogP contribution in [0, 0.1) is 13.8 Å². The summed E-state index contributed by atoms with van der Waals surface area (Å²) in [6, 6.07) is 12.4. The van der Waals surface area contributed by atoms with Crippen molar-refractivity contribution in [1.29, 1.82) is 0 Å². The number of methoxy groups -OCH3 is 1. The number of nitrogens with one attached hydrogen (secondary N) is 1. The Labute approximate surface area is 154 Å². The van der Waals surface area contributed by atoms with Gasteiger partial charge in [-0.2, -0.15) is 0 Å². The first-order chi connectivity index (χ1) is 12.2. The van der Waals surface area contributed by atoms with Gasteiger partial charge in [-0.1, -0.05) is 12.1 Å². The molecular weight excluding hydrogens is 352 g/mol.